The zero-order chi connectivity index (χ0) is 18.8. The highest BCUT2D eigenvalue weighted by Gasteiger charge is 2.24. The van der Waals surface area contributed by atoms with Crippen LogP contribution in [0.2, 0.25) is 0 Å². The van der Waals surface area contributed by atoms with E-state index in [0.717, 1.165) is 25.0 Å². The molecule has 3 rings (SSSR count). The second-order valence-electron chi connectivity index (χ2n) is 6.33. The molecule has 1 aromatic carbocycles. The number of hydrogen-bond donors (Lipinski definition) is 2. The van der Waals surface area contributed by atoms with E-state index < -0.39 is 23.5 Å². The Labute approximate surface area is 149 Å². The van der Waals surface area contributed by atoms with E-state index in [1.165, 1.54) is 23.0 Å². The van der Waals surface area contributed by atoms with E-state index in [4.69, 9.17) is 11.5 Å². The monoisotopic (exact) mass is 359 g/mol. The minimum atomic E-state index is -0.971. The van der Waals surface area contributed by atoms with Crippen LogP contribution in [0.1, 0.15) is 31.2 Å². The van der Waals surface area contributed by atoms with Crippen molar-refractivity contribution in [2.24, 2.45) is 22.4 Å². The van der Waals surface area contributed by atoms with Gasteiger partial charge in [0.2, 0.25) is 0 Å². The molecule has 0 spiro atoms. The number of hydrogen-bond acceptors (Lipinski definition) is 3. The highest BCUT2D eigenvalue weighted by molar-refractivity contribution is 6.02. The van der Waals surface area contributed by atoms with Gasteiger partial charge >= 0.3 is 0 Å². The first-order valence-electron chi connectivity index (χ1n) is 8.20. The van der Waals surface area contributed by atoms with Gasteiger partial charge in [0.15, 0.2) is 11.6 Å². The Bertz CT molecular complexity index is 899. The Balaban J connectivity index is 1.74. The van der Waals surface area contributed by atoms with Crippen LogP contribution < -0.4 is 11.5 Å². The molecule has 0 saturated heterocycles. The van der Waals surface area contributed by atoms with Crippen molar-refractivity contribution in [2.45, 2.75) is 25.7 Å². The molecule has 4 N–H and O–H groups in total. The summed E-state index contributed by atoms with van der Waals surface area (Å²) in [5.41, 5.74) is 13.2. The van der Waals surface area contributed by atoms with Gasteiger partial charge in [-0.15, -0.1) is 0 Å². The highest BCUT2D eigenvalue weighted by Crippen LogP contribution is 2.33. The third-order valence-corrected chi connectivity index (χ3v) is 4.24. The van der Waals surface area contributed by atoms with Crippen molar-refractivity contribution in [1.29, 1.82) is 0 Å². The molecule has 1 aromatic heterocycles. The van der Waals surface area contributed by atoms with Gasteiger partial charge in [-0.3, -0.25) is 4.79 Å². The number of benzene rings is 1. The van der Waals surface area contributed by atoms with Crippen molar-refractivity contribution in [3.8, 4) is 5.69 Å². The number of amidine groups is 1. The molecule has 1 fully saturated rings. The lowest BCUT2D eigenvalue weighted by Crippen LogP contribution is -2.17. The van der Waals surface area contributed by atoms with E-state index in [9.17, 15) is 13.6 Å². The van der Waals surface area contributed by atoms with Crippen molar-refractivity contribution >= 4 is 11.7 Å². The molecule has 1 unspecified atom stereocenters. The van der Waals surface area contributed by atoms with Gasteiger partial charge in [0.1, 0.15) is 5.84 Å². The fraction of sp³-hybridized carbons (Fsp3) is 0.278. The summed E-state index contributed by atoms with van der Waals surface area (Å²) in [7, 11) is 0. The minimum absolute atomic E-state index is 0.0687. The molecule has 26 heavy (non-hydrogen) atoms. The fourth-order valence-corrected chi connectivity index (χ4v) is 2.43. The number of nitrogens with zero attached hydrogens (tertiary/aromatic N) is 3. The van der Waals surface area contributed by atoms with Crippen LogP contribution in [0, 0.1) is 17.6 Å². The quantitative estimate of drug-likeness (QED) is 0.632. The van der Waals surface area contributed by atoms with E-state index in [2.05, 4.69) is 10.1 Å². The molecule has 1 atom stereocenters. The molecule has 6 nitrogen and oxygen atoms in total. The van der Waals surface area contributed by atoms with E-state index in [1.807, 2.05) is 0 Å². The van der Waals surface area contributed by atoms with Crippen molar-refractivity contribution < 1.29 is 13.6 Å². The second kappa shape index (κ2) is 7.07. The van der Waals surface area contributed by atoms with E-state index in [-0.39, 0.29) is 5.84 Å². The number of amides is 1. The maximum atomic E-state index is 13.3. The molecule has 2 aromatic rings. The van der Waals surface area contributed by atoms with Gasteiger partial charge in [-0.1, -0.05) is 0 Å². The van der Waals surface area contributed by atoms with Crippen molar-refractivity contribution in [3.63, 3.8) is 0 Å². The molecule has 1 amide bonds. The lowest BCUT2D eigenvalue weighted by Gasteiger charge is -2.05. The Morgan fingerprint density at radius 1 is 1.35 bits per heavy atom. The van der Waals surface area contributed by atoms with Crippen LogP contribution in [0.5, 0.6) is 0 Å². The Hall–Kier alpha value is -3.03. The lowest BCUT2D eigenvalue weighted by molar-refractivity contribution is -0.118. The zero-order valence-electron chi connectivity index (χ0n) is 14.2. The standard InChI is InChI=1S/C18H19F2N5O/c1-10(18(26)24-17(22)7-16(21)11-2-3-11)12-8-23-25(9-12)13-4-5-14(19)15(20)6-13/h4-11H,2-3,21H2,1H3,(H2,22,24,26)/b16-7-. The zero-order valence-corrected chi connectivity index (χ0v) is 14.2. The van der Waals surface area contributed by atoms with Crippen molar-refractivity contribution in [1.82, 2.24) is 9.78 Å². The highest BCUT2D eigenvalue weighted by atomic mass is 19.2. The van der Waals surface area contributed by atoms with Gasteiger partial charge in [-0.2, -0.15) is 10.1 Å². The summed E-state index contributed by atoms with van der Waals surface area (Å²) >= 11 is 0. The maximum Gasteiger partial charge on any atom is 0.254 e. The summed E-state index contributed by atoms with van der Waals surface area (Å²) in [6.07, 6.45) is 6.62. The average Bonchev–Trinajstić information content (AvgIpc) is 3.34. The average molecular weight is 359 g/mol. The molecule has 1 heterocycles. The largest absolute Gasteiger partial charge is 0.402 e. The minimum Gasteiger partial charge on any atom is -0.402 e. The number of allylic oxidation sites excluding steroid dienone is 1. The third-order valence-electron chi connectivity index (χ3n) is 4.24. The Morgan fingerprint density at radius 3 is 2.73 bits per heavy atom. The molecule has 0 radical (unpaired) electrons. The van der Waals surface area contributed by atoms with Gasteiger partial charge in [-0.05, 0) is 43.9 Å². The molecule has 0 bridgehead atoms. The molecule has 8 heteroatoms. The summed E-state index contributed by atoms with van der Waals surface area (Å²) in [6, 6.07) is 3.44. The number of nitrogens with two attached hydrogens (primary N) is 2. The Morgan fingerprint density at radius 2 is 2.08 bits per heavy atom. The van der Waals surface area contributed by atoms with Crippen LogP contribution in [-0.4, -0.2) is 21.5 Å². The van der Waals surface area contributed by atoms with Crippen molar-refractivity contribution in [2.75, 3.05) is 0 Å². The summed E-state index contributed by atoms with van der Waals surface area (Å²) in [5, 5.41) is 4.08. The van der Waals surface area contributed by atoms with E-state index in [1.54, 1.807) is 13.1 Å². The van der Waals surface area contributed by atoms with Crippen LogP contribution in [0.4, 0.5) is 8.78 Å². The Kier molecular flexibility index (Phi) is 4.83. The number of carbonyl (C=O) groups excluding carboxylic acids is 1. The van der Waals surface area contributed by atoms with Gasteiger partial charge < -0.3 is 11.5 Å². The smallest absolute Gasteiger partial charge is 0.254 e. The SMILES string of the molecule is CC(C(=O)N=C(N)/C=C(\N)C1CC1)c1cnn(-c2ccc(F)c(F)c2)c1. The lowest BCUT2D eigenvalue weighted by atomic mass is 10.1. The van der Waals surface area contributed by atoms with Gasteiger partial charge in [-0.25, -0.2) is 13.5 Å². The first kappa shape index (κ1) is 17.8. The molecule has 1 aliphatic rings. The van der Waals surface area contributed by atoms with Crippen molar-refractivity contribution in [3.05, 3.63) is 59.6 Å². The number of aromatic nitrogens is 2. The molecule has 1 aliphatic carbocycles. The predicted molar refractivity (Wildman–Crippen MR) is 93.5 cm³/mol. The van der Waals surface area contributed by atoms with Crippen LogP contribution in [-0.2, 0) is 4.79 Å². The normalized spacial score (nSPS) is 16.6. The van der Waals surface area contributed by atoms with E-state index in [0.29, 0.717) is 22.9 Å². The van der Waals surface area contributed by atoms with Gasteiger partial charge in [0, 0.05) is 23.5 Å². The van der Waals surface area contributed by atoms with Crippen LogP contribution in [0.3, 0.4) is 0 Å². The number of rotatable bonds is 5. The number of halogens is 2. The topological polar surface area (TPSA) is 99.3 Å². The van der Waals surface area contributed by atoms with Crippen LogP contribution in [0.15, 0.2) is 47.4 Å². The third kappa shape index (κ3) is 3.96. The summed E-state index contributed by atoms with van der Waals surface area (Å²) in [6.45, 7) is 1.67. The summed E-state index contributed by atoms with van der Waals surface area (Å²) in [4.78, 5) is 16.1. The van der Waals surface area contributed by atoms with Crippen LogP contribution in [0.25, 0.3) is 5.69 Å². The first-order valence-corrected chi connectivity index (χ1v) is 8.20. The maximum absolute atomic E-state index is 13.3. The molecular weight excluding hydrogens is 340 g/mol. The molecule has 0 aliphatic heterocycles. The van der Waals surface area contributed by atoms with Gasteiger partial charge in [0.05, 0.1) is 17.8 Å². The van der Waals surface area contributed by atoms with E-state index >= 15 is 0 Å². The molecule has 1 saturated carbocycles. The summed E-state index contributed by atoms with van der Waals surface area (Å²) < 4.78 is 27.7. The van der Waals surface area contributed by atoms with Crippen LogP contribution >= 0.6 is 0 Å². The predicted octanol–water partition coefficient (Wildman–Crippen LogP) is 2.39. The van der Waals surface area contributed by atoms with Gasteiger partial charge in [0.25, 0.3) is 5.91 Å². The molecule has 136 valence electrons. The number of carbonyl (C=O) groups is 1. The fourth-order valence-electron chi connectivity index (χ4n) is 2.43. The molecular formula is C18H19F2N5O. The first-order chi connectivity index (χ1) is 12.3. The summed E-state index contributed by atoms with van der Waals surface area (Å²) in [5.74, 6) is -2.53. The second-order valence-corrected chi connectivity index (χ2v) is 6.33. The number of aliphatic imine (C=N–C) groups is 1.